The van der Waals surface area contributed by atoms with E-state index in [9.17, 15) is 106 Å². The van der Waals surface area contributed by atoms with Crippen molar-refractivity contribution in [3.8, 4) is 0 Å². The van der Waals surface area contributed by atoms with Crippen molar-refractivity contribution in [2.24, 2.45) is 0 Å². The second kappa shape index (κ2) is 54.9. The molecule has 0 aromatic rings. The summed E-state index contributed by atoms with van der Waals surface area (Å²) >= 11 is 0. The third-order valence-corrected chi connectivity index (χ3v) is 22.6. The molecule has 6 saturated heterocycles. The molecule has 6 heterocycles. The molecule has 21 N–H and O–H groups in total. The minimum Gasteiger partial charge on any atom is -0.394 e. The van der Waals surface area contributed by atoms with E-state index in [0.29, 0.717) is 12.8 Å². The highest BCUT2D eigenvalue weighted by molar-refractivity contribution is 5.76. The largest absolute Gasteiger partial charge is 0.394 e. The van der Waals surface area contributed by atoms with Crippen molar-refractivity contribution in [1.82, 2.24) is 21.3 Å². The molecular formula is C80H144N4O33. The van der Waals surface area contributed by atoms with Crippen LogP contribution in [0, 0.1) is 0 Å². The number of nitrogens with one attached hydrogen (secondary N) is 4. The lowest BCUT2D eigenvalue weighted by molar-refractivity contribution is -0.391. The number of allylic oxidation sites excluding steroid dienone is 1. The number of amides is 4. The monoisotopic (exact) mass is 1690 g/mol. The van der Waals surface area contributed by atoms with Crippen LogP contribution in [0.3, 0.4) is 0 Å². The van der Waals surface area contributed by atoms with E-state index in [1.165, 1.54) is 122 Å². The maximum atomic E-state index is 13.7. The summed E-state index contributed by atoms with van der Waals surface area (Å²) in [4.78, 5) is 51.5. The average Bonchev–Trinajstić information content (AvgIpc) is 0.769. The van der Waals surface area contributed by atoms with Gasteiger partial charge in [-0.25, -0.2) is 0 Å². The van der Waals surface area contributed by atoms with Crippen LogP contribution < -0.4 is 21.3 Å². The fourth-order valence-electron chi connectivity index (χ4n) is 15.8. The number of aliphatic hydroxyl groups excluding tert-OH is 17. The van der Waals surface area contributed by atoms with E-state index in [1.54, 1.807) is 6.08 Å². The van der Waals surface area contributed by atoms with Crippen LogP contribution in [0.25, 0.3) is 0 Å². The normalized spacial score (nSPS) is 36.1. The zero-order chi connectivity index (χ0) is 85.7. The smallest absolute Gasteiger partial charge is 0.220 e. The third kappa shape index (κ3) is 32.2. The molecule has 12 unspecified atom stereocenters. The summed E-state index contributed by atoms with van der Waals surface area (Å²) in [5.74, 6) is -2.75. The zero-order valence-electron chi connectivity index (χ0n) is 68.9. The molecule has 6 rings (SSSR count). The Labute approximate surface area is 687 Å². The molecule has 0 radical (unpaired) electrons. The highest BCUT2D eigenvalue weighted by Crippen LogP contribution is 2.38. The number of ether oxygens (including phenoxy) is 12. The van der Waals surface area contributed by atoms with Crippen LogP contribution in [0.15, 0.2) is 12.2 Å². The Morgan fingerprint density at radius 1 is 0.342 bits per heavy atom. The van der Waals surface area contributed by atoms with Crippen molar-refractivity contribution in [2.75, 3.05) is 46.2 Å². The number of hydrogen-bond acceptors (Lipinski definition) is 33. The van der Waals surface area contributed by atoms with Crippen LogP contribution in [0.5, 0.6) is 0 Å². The fourth-order valence-corrected chi connectivity index (χ4v) is 15.8. The van der Waals surface area contributed by atoms with Crippen LogP contribution in [0.2, 0.25) is 0 Å². The molecule has 0 spiro atoms. The Kier molecular flexibility index (Phi) is 48.0. The highest BCUT2D eigenvalue weighted by atomic mass is 16.8. The lowest BCUT2D eigenvalue weighted by Gasteiger charge is -2.50. The first-order valence-corrected chi connectivity index (χ1v) is 42.9. The maximum absolute atomic E-state index is 13.7. The minimum absolute atomic E-state index is 0.145. The van der Waals surface area contributed by atoms with E-state index in [4.69, 9.17) is 56.8 Å². The number of rotatable bonds is 55. The van der Waals surface area contributed by atoms with Gasteiger partial charge in [-0.1, -0.05) is 193 Å². The van der Waals surface area contributed by atoms with Gasteiger partial charge < -0.3 is 165 Å². The number of hydrogen-bond donors (Lipinski definition) is 21. The second-order valence-electron chi connectivity index (χ2n) is 32.1. The van der Waals surface area contributed by atoms with Crippen LogP contribution in [0.4, 0.5) is 0 Å². The second-order valence-corrected chi connectivity index (χ2v) is 32.1. The molecule has 6 aliphatic heterocycles. The van der Waals surface area contributed by atoms with Gasteiger partial charge in [0, 0.05) is 27.2 Å². The standard InChI is InChI=1S/C80H144N4O33/c1-6-8-10-12-14-16-18-20-21-22-23-25-27-29-31-33-35-37-56(94)84-48(49(93)36-34-32-30-28-26-24-19-17-15-13-11-9-7-2)43-106-78-68(103)67(102)71(54(42-89)112-78)114-80-70(105)74(64(99)55(113-80)44-107-75-57(81-45(3)90)65(100)60(95)50(38-85)108-75)117-79-69(104)73(63(98)53(41-88)111-79)116-77-59(83-47(5)92)72(62(97)52(40-87)110-77)115-76-58(82-46(4)91)66(101)61(96)51(39-86)109-76/h34,36,48-55,57-80,85-89,93,95-105H,6-33,35,37-44H2,1-5H3,(H,81,90)(H,82,91)(H,83,92)(H,84,94)/b36-34+/t48-,49+,50?,51?,52?,53?,54?,55?,57?,58?,59?,60+,61-,62-,63-,64-,65+,66+,67+,68?,69?,70?,71+,72+,73-,74-,75+,76+,77-,78+,79+,80-/m0/s1. The molecule has 682 valence electrons. The van der Waals surface area contributed by atoms with Gasteiger partial charge in [0.05, 0.1) is 58.4 Å². The van der Waals surface area contributed by atoms with Gasteiger partial charge in [-0.05, 0) is 19.3 Å². The third-order valence-electron chi connectivity index (χ3n) is 22.6. The number of carbonyl (C=O) groups excluding carboxylic acids is 4. The van der Waals surface area contributed by atoms with Crippen LogP contribution >= 0.6 is 0 Å². The van der Waals surface area contributed by atoms with Gasteiger partial charge in [0.25, 0.3) is 0 Å². The number of carbonyl (C=O) groups is 4. The number of unbranched alkanes of at least 4 members (excludes halogenated alkanes) is 27. The summed E-state index contributed by atoms with van der Waals surface area (Å²) in [6.07, 6.45) is -17.4. The Morgan fingerprint density at radius 3 is 1.14 bits per heavy atom. The van der Waals surface area contributed by atoms with Crippen LogP contribution in [-0.2, 0) is 76.0 Å². The molecule has 32 atom stereocenters. The van der Waals surface area contributed by atoms with E-state index >= 15 is 0 Å². The molecule has 6 aliphatic rings. The molecule has 4 amide bonds. The van der Waals surface area contributed by atoms with E-state index in [0.717, 1.165) is 72.1 Å². The van der Waals surface area contributed by atoms with E-state index in [1.807, 2.05) is 6.08 Å². The van der Waals surface area contributed by atoms with Crippen molar-refractivity contribution in [1.29, 1.82) is 0 Å². The molecule has 0 aliphatic carbocycles. The molecule has 0 aromatic carbocycles. The molecule has 6 fully saturated rings. The molecule has 117 heavy (non-hydrogen) atoms. The van der Waals surface area contributed by atoms with E-state index < -0.39 is 260 Å². The topological polar surface area (TPSA) is 571 Å². The molecule has 0 saturated carbocycles. The first-order valence-electron chi connectivity index (χ1n) is 42.9. The zero-order valence-corrected chi connectivity index (χ0v) is 68.9. The van der Waals surface area contributed by atoms with Crippen molar-refractivity contribution < 1.29 is 163 Å². The van der Waals surface area contributed by atoms with E-state index in [-0.39, 0.29) is 12.3 Å². The Morgan fingerprint density at radius 2 is 0.684 bits per heavy atom. The van der Waals surface area contributed by atoms with Crippen LogP contribution in [0.1, 0.15) is 227 Å². The maximum Gasteiger partial charge on any atom is 0.220 e. The fraction of sp³-hybridized carbons (Fsp3) is 0.925. The summed E-state index contributed by atoms with van der Waals surface area (Å²) in [6.45, 7) is 1.23. The Balaban J connectivity index is 1.19. The molecule has 0 aromatic heterocycles. The first kappa shape index (κ1) is 102. The van der Waals surface area contributed by atoms with Gasteiger partial charge in [0.15, 0.2) is 37.7 Å². The SMILES string of the molecule is CCCCCCCCCCCCC/C=C/[C@@H](O)[C@H](CO[C@@H]1OC(CO)[C@@H](O[C@@H]2OC(CO[C@@H]3OC(CO)[C@@H](O)[C@H](O)C3NC(C)=O)[C@H](O)[C@H](O[C@H]3OC(CO)[C@H](O)[C@H](O[C@@H]4OC(CO)[C@H](O)[C@H](O[C@H]5OC(CO)[C@H](O)[C@H](O)C5NC(C)=O)C4NC(C)=O)C3O)C2O)[C@H](O)C1O)NC(=O)CCCCCCCCCCCCCCCCCCC. The van der Waals surface area contributed by atoms with Gasteiger partial charge in [-0.15, -0.1) is 0 Å². The van der Waals surface area contributed by atoms with Gasteiger partial charge in [0.2, 0.25) is 23.6 Å². The van der Waals surface area contributed by atoms with Gasteiger partial charge >= 0.3 is 0 Å². The van der Waals surface area contributed by atoms with Gasteiger partial charge in [-0.3, -0.25) is 19.2 Å². The number of aliphatic hydroxyl groups is 17. The Bertz CT molecular complexity index is 2760. The quantitative estimate of drug-likeness (QED) is 0.0243. The minimum atomic E-state index is -2.36. The van der Waals surface area contributed by atoms with Crippen molar-refractivity contribution in [3.05, 3.63) is 12.2 Å². The summed E-state index contributed by atoms with van der Waals surface area (Å²) < 4.78 is 72.1. The predicted molar refractivity (Wildman–Crippen MR) is 415 cm³/mol. The van der Waals surface area contributed by atoms with Crippen molar-refractivity contribution >= 4 is 23.6 Å². The predicted octanol–water partition coefficient (Wildman–Crippen LogP) is -1.50. The summed E-state index contributed by atoms with van der Waals surface area (Å²) in [6, 6.07) is -6.12. The van der Waals surface area contributed by atoms with Gasteiger partial charge in [-0.2, -0.15) is 0 Å². The Hall–Kier alpha value is -3.54. The van der Waals surface area contributed by atoms with Crippen molar-refractivity contribution in [2.45, 2.75) is 423 Å². The average molecular weight is 1690 g/mol. The molecule has 0 bridgehead atoms. The first-order chi connectivity index (χ1) is 56.2. The summed E-state index contributed by atoms with van der Waals surface area (Å²) in [5, 5.41) is 202. The lowest BCUT2D eigenvalue weighted by atomic mass is 9.93. The van der Waals surface area contributed by atoms with Crippen LogP contribution in [-0.4, -0.2) is 353 Å². The highest BCUT2D eigenvalue weighted by Gasteiger charge is 2.58. The van der Waals surface area contributed by atoms with Gasteiger partial charge in [0.1, 0.15) is 146 Å². The van der Waals surface area contributed by atoms with E-state index in [2.05, 4.69) is 35.1 Å². The summed E-state index contributed by atoms with van der Waals surface area (Å²) in [7, 11) is 0. The molecular weight excluding hydrogens is 1540 g/mol. The molecule has 37 nitrogen and oxygen atoms in total. The van der Waals surface area contributed by atoms with Crippen molar-refractivity contribution in [3.63, 3.8) is 0 Å². The lowest BCUT2D eigenvalue weighted by Crippen LogP contribution is -2.71. The molecule has 37 heteroatoms. The summed E-state index contributed by atoms with van der Waals surface area (Å²) in [5.41, 5.74) is 0.